The molecule has 0 aromatic heterocycles. The quantitative estimate of drug-likeness (QED) is 0.482. The van der Waals surface area contributed by atoms with E-state index in [0.29, 0.717) is 35.6 Å². The van der Waals surface area contributed by atoms with Crippen molar-refractivity contribution in [2.24, 2.45) is 0 Å². The molecule has 1 fully saturated rings. The van der Waals surface area contributed by atoms with E-state index in [2.05, 4.69) is 4.90 Å². The van der Waals surface area contributed by atoms with Crippen LogP contribution in [-0.2, 0) is 0 Å². The highest BCUT2D eigenvalue weighted by molar-refractivity contribution is 6.30. The summed E-state index contributed by atoms with van der Waals surface area (Å²) < 4.78 is 0. The van der Waals surface area contributed by atoms with Gasteiger partial charge in [-0.25, -0.2) is 0 Å². The standard InChI is InChI=1S/C17H16ClN3O3/c18-14-2-1-3-15(11-14)19-6-8-20(9-7-19)16-5-4-13(12-22)10-17(16)21(23)24/h1-5,10-12H,6-9H2. The molecule has 0 radical (unpaired) electrons. The Morgan fingerprint density at radius 1 is 1.04 bits per heavy atom. The van der Waals surface area contributed by atoms with Gasteiger partial charge in [-0.05, 0) is 30.3 Å². The van der Waals surface area contributed by atoms with Gasteiger partial charge in [-0.3, -0.25) is 14.9 Å². The molecule has 0 atom stereocenters. The molecule has 1 heterocycles. The van der Waals surface area contributed by atoms with Crippen LogP contribution in [-0.4, -0.2) is 37.4 Å². The molecule has 24 heavy (non-hydrogen) atoms. The summed E-state index contributed by atoms with van der Waals surface area (Å²) in [5.41, 5.74) is 1.88. The molecule has 0 N–H and O–H groups in total. The Hall–Kier alpha value is -2.60. The van der Waals surface area contributed by atoms with E-state index in [1.807, 2.05) is 29.2 Å². The number of hydrogen-bond acceptors (Lipinski definition) is 5. The lowest BCUT2D eigenvalue weighted by Gasteiger charge is -2.37. The molecule has 124 valence electrons. The van der Waals surface area contributed by atoms with E-state index in [4.69, 9.17) is 11.6 Å². The van der Waals surface area contributed by atoms with Crippen molar-refractivity contribution < 1.29 is 9.72 Å². The fourth-order valence-electron chi connectivity index (χ4n) is 2.91. The van der Waals surface area contributed by atoms with E-state index in [1.165, 1.54) is 6.07 Å². The first-order chi connectivity index (χ1) is 11.6. The number of carbonyl (C=O) groups excluding carboxylic acids is 1. The molecule has 0 spiro atoms. The summed E-state index contributed by atoms with van der Waals surface area (Å²) >= 11 is 6.03. The van der Waals surface area contributed by atoms with Gasteiger partial charge in [0, 0.05) is 48.5 Å². The summed E-state index contributed by atoms with van der Waals surface area (Å²) in [5, 5.41) is 12.0. The number of rotatable bonds is 4. The Morgan fingerprint density at radius 2 is 1.75 bits per heavy atom. The number of nitrogens with zero attached hydrogens (tertiary/aromatic N) is 3. The molecular weight excluding hydrogens is 330 g/mol. The Bertz CT molecular complexity index is 773. The molecule has 0 unspecified atom stereocenters. The van der Waals surface area contributed by atoms with Crippen molar-refractivity contribution in [2.75, 3.05) is 36.0 Å². The molecule has 6 nitrogen and oxygen atoms in total. The number of halogens is 1. The summed E-state index contributed by atoms with van der Waals surface area (Å²) in [4.78, 5) is 25.9. The lowest BCUT2D eigenvalue weighted by Crippen LogP contribution is -2.46. The summed E-state index contributed by atoms with van der Waals surface area (Å²) in [6.45, 7) is 2.81. The zero-order valence-corrected chi connectivity index (χ0v) is 13.6. The Morgan fingerprint density at radius 3 is 2.38 bits per heavy atom. The number of piperazine rings is 1. The van der Waals surface area contributed by atoms with E-state index in [0.717, 1.165) is 18.8 Å². The van der Waals surface area contributed by atoms with Gasteiger partial charge in [-0.15, -0.1) is 0 Å². The third-order valence-electron chi connectivity index (χ3n) is 4.13. The lowest BCUT2D eigenvalue weighted by atomic mass is 10.1. The van der Waals surface area contributed by atoms with Crippen LogP contribution in [0.4, 0.5) is 17.1 Å². The average molecular weight is 346 g/mol. The van der Waals surface area contributed by atoms with Crippen molar-refractivity contribution in [1.82, 2.24) is 0 Å². The van der Waals surface area contributed by atoms with E-state index in [-0.39, 0.29) is 5.69 Å². The maximum atomic E-state index is 11.3. The fourth-order valence-corrected chi connectivity index (χ4v) is 3.09. The Labute approximate surface area is 144 Å². The second kappa shape index (κ2) is 6.88. The summed E-state index contributed by atoms with van der Waals surface area (Å²) in [5.74, 6) is 0. The van der Waals surface area contributed by atoms with Crippen molar-refractivity contribution >= 4 is 34.9 Å². The normalized spacial score (nSPS) is 14.5. The minimum atomic E-state index is -0.439. The smallest absolute Gasteiger partial charge is 0.293 e. The largest absolute Gasteiger partial charge is 0.368 e. The molecule has 2 aromatic rings. The fraction of sp³-hybridized carbons (Fsp3) is 0.235. The molecule has 3 rings (SSSR count). The second-order valence-corrected chi connectivity index (χ2v) is 6.01. The van der Waals surface area contributed by atoms with Crippen molar-refractivity contribution in [3.05, 3.63) is 63.2 Å². The van der Waals surface area contributed by atoms with Gasteiger partial charge in [0.2, 0.25) is 0 Å². The first-order valence-corrected chi connectivity index (χ1v) is 7.95. The first-order valence-electron chi connectivity index (χ1n) is 7.57. The summed E-state index contributed by atoms with van der Waals surface area (Å²) in [6.07, 6.45) is 0.619. The number of aldehydes is 1. The molecule has 0 amide bonds. The van der Waals surface area contributed by atoms with Crippen LogP contribution in [0.5, 0.6) is 0 Å². The van der Waals surface area contributed by atoms with E-state index in [1.54, 1.807) is 12.1 Å². The van der Waals surface area contributed by atoms with Crippen molar-refractivity contribution in [3.63, 3.8) is 0 Å². The molecule has 1 saturated heterocycles. The van der Waals surface area contributed by atoms with E-state index < -0.39 is 4.92 Å². The summed E-state index contributed by atoms with van der Waals surface area (Å²) in [7, 11) is 0. The molecule has 1 aliphatic heterocycles. The van der Waals surface area contributed by atoms with Gasteiger partial charge in [0.25, 0.3) is 5.69 Å². The van der Waals surface area contributed by atoms with Gasteiger partial charge < -0.3 is 9.80 Å². The number of benzene rings is 2. The lowest BCUT2D eigenvalue weighted by molar-refractivity contribution is -0.384. The monoisotopic (exact) mass is 345 g/mol. The van der Waals surface area contributed by atoms with Crippen LogP contribution >= 0.6 is 11.6 Å². The SMILES string of the molecule is O=Cc1ccc(N2CCN(c3cccc(Cl)c3)CC2)c([N+](=O)[O-])c1. The van der Waals surface area contributed by atoms with Crippen LogP contribution in [0, 0.1) is 10.1 Å². The topological polar surface area (TPSA) is 66.7 Å². The van der Waals surface area contributed by atoms with Crippen molar-refractivity contribution in [3.8, 4) is 0 Å². The maximum absolute atomic E-state index is 11.3. The maximum Gasteiger partial charge on any atom is 0.293 e. The zero-order chi connectivity index (χ0) is 17.1. The van der Waals surface area contributed by atoms with Crippen LogP contribution in [0.25, 0.3) is 0 Å². The highest BCUT2D eigenvalue weighted by atomic mass is 35.5. The molecular formula is C17H16ClN3O3. The molecule has 0 aliphatic carbocycles. The molecule has 0 bridgehead atoms. The highest BCUT2D eigenvalue weighted by Crippen LogP contribution is 2.30. The van der Waals surface area contributed by atoms with Crippen molar-refractivity contribution in [1.29, 1.82) is 0 Å². The minimum Gasteiger partial charge on any atom is -0.368 e. The van der Waals surface area contributed by atoms with Gasteiger partial charge >= 0.3 is 0 Å². The van der Waals surface area contributed by atoms with Gasteiger partial charge in [0.1, 0.15) is 12.0 Å². The number of anilines is 2. The van der Waals surface area contributed by atoms with Gasteiger partial charge in [-0.2, -0.15) is 0 Å². The molecule has 2 aromatic carbocycles. The van der Waals surface area contributed by atoms with Gasteiger partial charge in [-0.1, -0.05) is 17.7 Å². The van der Waals surface area contributed by atoms with Crippen LogP contribution in [0.1, 0.15) is 10.4 Å². The molecule has 0 saturated carbocycles. The highest BCUT2D eigenvalue weighted by Gasteiger charge is 2.24. The number of nitro benzene ring substituents is 1. The average Bonchev–Trinajstić information content (AvgIpc) is 2.61. The third kappa shape index (κ3) is 3.33. The second-order valence-electron chi connectivity index (χ2n) is 5.58. The van der Waals surface area contributed by atoms with Crippen LogP contribution in [0.2, 0.25) is 5.02 Å². The van der Waals surface area contributed by atoms with E-state index >= 15 is 0 Å². The Kier molecular flexibility index (Phi) is 4.66. The van der Waals surface area contributed by atoms with Crippen LogP contribution < -0.4 is 9.80 Å². The Balaban J connectivity index is 1.77. The van der Waals surface area contributed by atoms with Crippen LogP contribution in [0.3, 0.4) is 0 Å². The van der Waals surface area contributed by atoms with E-state index in [9.17, 15) is 14.9 Å². The van der Waals surface area contributed by atoms with Gasteiger partial charge in [0.15, 0.2) is 0 Å². The van der Waals surface area contributed by atoms with Crippen molar-refractivity contribution in [2.45, 2.75) is 0 Å². The van der Waals surface area contributed by atoms with Gasteiger partial charge in [0.05, 0.1) is 4.92 Å². The number of carbonyl (C=O) groups is 1. The number of hydrogen-bond donors (Lipinski definition) is 0. The summed E-state index contributed by atoms with van der Waals surface area (Å²) in [6, 6.07) is 12.2. The number of nitro groups is 1. The third-order valence-corrected chi connectivity index (χ3v) is 4.36. The predicted molar refractivity (Wildman–Crippen MR) is 94.4 cm³/mol. The first kappa shape index (κ1) is 16.3. The molecule has 1 aliphatic rings. The van der Waals surface area contributed by atoms with Crippen LogP contribution in [0.15, 0.2) is 42.5 Å². The zero-order valence-electron chi connectivity index (χ0n) is 12.9. The predicted octanol–water partition coefficient (Wildman–Crippen LogP) is 3.39. The molecule has 7 heteroatoms. The minimum absolute atomic E-state index is 0.0317.